The molecule has 0 amide bonds. The SMILES string of the molecule is O=C(Cc1nc(-c2sc(CO)nc2CO)cs1)[C@@H]1C[C@@H](c2ccccc2)CN1S(=O)(=O)C(F)(F)F. The fraction of sp³-hybridized carbons (Fsp3) is 0.381. The Morgan fingerprint density at radius 3 is 2.46 bits per heavy atom. The van der Waals surface area contributed by atoms with E-state index >= 15 is 0 Å². The minimum absolute atomic E-state index is 0.0697. The van der Waals surface area contributed by atoms with Crippen LogP contribution >= 0.6 is 22.7 Å². The molecule has 35 heavy (non-hydrogen) atoms. The van der Waals surface area contributed by atoms with Gasteiger partial charge in [-0.1, -0.05) is 30.3 Å². The first-order valence-electron chi connectivity index (χ1n) is 10.4. The topological polar surface area (TPSA) is 121 Å². The zero-order chi connectivity index (χ0) is 25.4. The van der Waals surface area contributed by atoms with E-state index in [4.69, 9.17) is 0 Å². The van der Waals surface area contributed by atoms with Crippen molar-refractivity contribution in [3.8, 4) is 10.6 Å². The predicted molar refractivity (Wildman–Crippen MR) is 123 cm³/mol. The van der Waals surface area contributed by atoms with Crippen LogP contribution in [0, 0.1) is 0 Å². The fourth-order valence-corrected chi connectivity index (χ4v) is 6.95. The Bertz CT molecular complexity index is 1310. The van der Waals surface area contributed by atoms with E-state index in [9.17, 15) is 36.6 Å². The van der Waals surface area contributed by atoms with Crippen molar-refractivity contribution in [2.24, 2.45) is 0 Å². The van der Waals surface area contributed by atoms with Crippen molar-refractivity contribution in [1.29, 1.82) is 0 Å². The molecule has 2 atom stereocenters. The molecule has 1 aliphatic rings. The summed E-state index contributed by atoms with van der Waals surface area (Å²) in [6.45, 7) is -1.15. The van der Waals surface area contributed by atoms with Crippen LogP contribution in [0.5, 0.6) is 0 Å². The first-order chi connectivity index (χ1) is 16.5. The number of alkyl halides is 3. The van der Waals surface area contributed by atoms with Gasteiger partial charge in [-0.15, -0.1) is 22.7 Å². The zero-order valence-electron chi connectivity index (χ0n) is 18.0. The van der Waals surface area contributed by atoms with Crippen molar-refractivity contribution in [2.45, 2.75) is 43.5 Å². The second-order valence-corrected chi connectivity index (χ2v) is 11.8. The Kier molecular flexibility index (Phi) is 7.41. The van der Waals surface area contributed by atoms with E-state index in [1.807, 2.05) is 0 Å². The third-order valence-electron chi connectivity index (χ3n) is 5.64. The Morgan fingerprint density at radius 2 is 1.83 bits per heavy atom. The number of aliphatic hydroxyl groups is 2. The van der Waals surface area contributed by atoms with Crippen molar-refractivity contribution in [3.05, 3.63) is 57.0 Å². The molecule has 1 aromatic carbocycles. The molecule has 1 saturated heterocycles. The number of nitrogens with zero attached hydrogens (tertiary/aromatic N) is 3. The summed E-state index contributed by atoms with van der Waals surface area (Å²) < 4.78 is 64.9. The van der Waals surface area contributed by atoms with Crippen LogP contribution in [-0.4, -0.2) is 56.8 Å². The molecule has 14 heteroatoms. The number of benzene rings is 1. The number of sulfonamides is 1. The van der Waals surface area contributed by atoms with E-state index in [0.29, 0.717) is 31.8 Å². The van der Waals surface area contributed by atoms with Crippen LogP contribution in [0.25, 0.3) is 10.6 Å². The average molecular weight is 548 g/mol. The number of ketones is 1. The van der Waals surface area contributed by atoms with Crippen LogP contribution in [0.2, 0.25) is 0 Å². The molecule has 0 bridgehead atoms. The van der Waals surface area contributed by atoms with Gasteiger partial charge in [0.1, 0.15) is 10.0 Å². The maximum atomic E-state index is 13.4. The number of Topliss-reactive ketones (excluding diaryl/α,β-unsaturated/α-hetero) is 1. The summed E-state index contributed by atoms with van der Waals surface area (Å²) in [5.74, 6) is -1.24. The summed E-state index contributed by atoms with van der Waals surface area (Å²) >= 11 is 2.22. The standard InChI is InChI=1S/C21H20F3N3O5S3/c22-21(23,24)35(31,32)27-8-13(12-4-2-1-3-5-12)6-16(27)17(30)7-18-26-15(11-33-18)20-14(9-28)25-19(10-29)34-20/h1-5,11,13,16,28-29H,6-10H2/t13-,16+/m1/s1. The van der Waals surface area contributed by atoms with Gasteiger partial charge >= 0.3 is 15.5 Å². The maximum Gasteiger partial charge on any atom is 0.511 e. The third-order valence-corrected chi connectivity index (χ3v) is 9.20. The highest BCUT2D eigenvalue weighted by Gasteiger charge is 2.56. The van der Waals surface area contributed by atoms with Crippen molar-refractivity contribution >= 4 is 38.5 Å². The molecule has 2 N–H and O–H groups in total. The Hall–Kier alpha value is -2.23. The van der Waals surface area contributed by atoms with Gasteiger partial charge < -0.3 is 10.2 Å². The molecular formula is C21H20F3N3O5S3. The van der Waals surface area contributed by atoms with Crippen LogP contribution in [0.4, 0.5) is 13.2 Å². The number of hydrogen-bond acceptors (Lipinski definition) is 9. The molecule has 188 valence electrons. The van der Waals surface area contributed by atoms with Crippen LogP contribution in [-0.2, 0) is 34.5 Å². The summed E-state index contributed by atoms with van der Waals surface area (Å²) in [7, 11) is -5.71. The number of carbonyl (C=O) groups excluding carboxylic acids is 1. The minimum atomic E-state index is -5.71. The fourth-order valence-electron chi connectivity index (χ4n) is 4.00. The van der Waals surface area contributed by atoms with Crippen molar-refractivity contribution in [3.63, 3.8) is 0 Å². The number of halogens is 3. The summed E-state index contributed by atoms with van der Waals surface area (Å²) in [5, 5.41) is 21.1. The smallest absolute Gasteiger partial charge is 0.390 e. The van der Waals surface area contributed by atoms with E-state index in [-0.39, 0.29) is 30.4 Å². The van der Waals surface area contributed by atoms with E-state index in [1.165, 1.54) is 0 Å². The lowest BCUT2D eigenvalue weighted by atomic mass is 9.95. The van der Waals surface area contributed by atoms with Gasteiger partial charge in [0.15, 0.2) is 5.78 Å². The third kappa shape index (κ3) is 5.17. The Morgan fingerprint density at radius 1 is 1.11 bits per heavy atom. The van der Waals surface area contributed by atoms with Crippen LogP contribution in [0.3, 0.4) is 0 Å². The normalized spacial score (nSPS) is 19.3. The molecule has 3 aromatic rings. The van der Waals surface area contributed by atoms with Gasteiger partial charge in [0, 0.05) is 11.9 Å². The lowest BCUT2D eigenvalue weighted by molar-refractivity contribution is -0.121. The van der Waals surface area contributed by atoms with Crippen molar-refractivity contribution < 1.29 is 36.6 Å². The molecular weight excluding hydrogens is 527 g/mol. The van der Waals surface area contributed by atoms with Crippen molar-refractivity contribution in [2.75, 3.05) is 6.54 Å². The monoisotopic (exact) mass is 547 g/mol. The van der Waals surface area contributed by atoms with Gasteiger partial charge in [-0.05, 0) is 17.9 Å². The van der Waals surface area contributed by atoms with Crippen molar-refractivity contribution in [1.82, 2.24) is 14.3 Å². The van der Waals surface area contributed by atoms with Crippen LogP contribution in [0.15, 0.2) is 35.7 Å². The van der Waals surface area contributed by atoms with Gasteiger partial charge in [-0.3, -0.25) is 4.79 Å². The first-order valence-corrected chi connectivity index (χ1v) is 13.5. The lowest BCUT2D eigenvalue weighted by Gasteiger charge is -2.23. The number of hydrogen-bond donors (Lipinski definition) is 2. The van der Waals surface area contributed by atoms with Crippen LogP contribution in [0.1, 0.15) is 33.6 Å². The molecule has 0 aliphatic carbocycles. The molecule has 8 nitrogen and oxygen atoms in total. The van der Waals surface area contributed by atoms with Gasteiger partial charge in [0.25, 0.3) is 0 Å². The lowest BCUT2D eigenvalue weighted by Crippen LogP contribution is -2.46. The highest BCUT2D eigenvalue weighted by Crippen LogP contribution is 2.39. The number of aliphatic hydroxyl groups excluding tert-OH is 2. The second kappa shape index (κ2) is 10.0. The van der Waals surface area contributed by atoms with E-state index in [0.717, 1.165) is 22.7 Å². The number of rotatable bonds is 8. The van der Waals surface area contributed by atoms with E-state index in [1.54, 1.807) is 35.7 Å². The molecule has 1 fully saturated rings. The molecule has 1 aliphatic heterocycles. The summed E-state index contributed by atoms with van der Waals surface area (Å²) in [5.41, 5.74) is -4.15. The van der Waals surface area contributed by atoms with Gasteiger partial charge in [0.05, 0.1) is 41.9 Å². The predicted octanol–water partition coefficient (Wildman–Crippen LogP) is 3.07. The molecule has 3 heterocycles. The first kappa shape index (κ1) is 25.9. The van der Waals surface area contributed by atoms with Crippen LogP contribution < -0.4 is 0 Å². The Labute approximate surface area is 206 Å². The molecule has 2 aromatic heterocycles. The van der Waals surface area contributed by atoms with E-state index < -0.39 is 39.8 Å². The minimum Gasteiger partial charge on any atom is -0.390 e. The highest BCUT2D eigenvalue weighted by molar-refractivity contribution is 7.90. The molecule has 4 rings (SSSR count). The molecule has 0 unspecified atom stereocenters. The summed E-state index contributed by atoms with van der Waals surface area (Å²) in [4.78, 5) is 22.1. The largest absolute Gasteiger partial charge is 0.511 e. The average Bonchev–Trinajstić information content (AvgIpc) is 3.56. The maximum absolute atomic E-state index is 13.4. The van der Waals surface area contributed by atoms with Gasteiger partial charge in [-0.25, -0.2) is 18.4 Å². The second-order valence-electron chi connectivity index (χ2n) is 7.85. The highest BCUT2D eigenvalue weighted by atomic mass is 32.2. The number of thiazole rings is 2. The summed E-state index contributed by atoms with van der Waals surface area (Å²) in [6, 6.07) is 7.05. The molecule has 0 radical (unpaired) electrons. The quantitative estimate of drug-likeness (QED) is 0.445. The van der Waals surface area contributed by atoms with E-state index in [2.05, 4.69) is 9.97 Å². The van der Waals surface area contributed by atoms with Gasteiger partial charge in [0.2, 0.25) is 0 Å². The zero-order valence-corrected chi connectivity index (χ0v) is 20.4. The number of carbonyl (C=O) groups is 1. The Balaban J connectivity index is 1.59. The van der Waals surface area contributed by atoms with Gasteiger partial charge in [-0.2, -0.15) is 17.5 Å². The summed E-state index contributed by atoms with van der Waals surface area (Å²) in [6.07, 6.45) is -0.416. The molecule has 0 spiro atoms. The molecule has 0 saturated carbocycles. The number of aromatic nitrogens is 2.